The van der Waals surface area contributed by atoms with E-state index in [0.717, 1.165) is 12.2 Å². The van der Waals surface area contributed by atoms with E-state index in [1.165, 1.54) is 5.70 Å². The molecule has 0 heterocycles. The zero-order chi connectivity index (χ0) is 13.8. The lowest BCUT2D eigenvalue weighted by Crippen LogP contribution is -2.20. The summed E-state index contributed by atoms with van der Waals surface area (Å²) < 4.78 is 0. The molecule has 0 saturated carbocycles. The highest BCUT2D eigenvalue weighted by Gasteiger charge is 2.05. The summed E-state index contributed by atoms with van der Waals surface area (Å²) in [5, 5.41) is 0. The number of nitrogens with zero attached hydrogens (tertiary/aromatic N) is 1. The Labute approximate surface area is 112 Å². The van der Waals surface area contributed by atoms with E-state index in [4.69, 9.17) is 0 Å². The van der Waals surface area contributed by atoms with E-state index in [-0.39, 0.29) is 0 Å². The third kappa shape index (κ3) is 5.90. The van der Waals surface area contributed by atoms with Crippen molar-refractivity contribution < 1.29 is 0 Å². The van der Waals surface area contributed by atoms with Gasteiger partial charge in [-0.1, -0.05) is 62.3 Å². The van der Waals surface area contributed by atoms with Crippen LogP contribution in [-0.2, 0) is 0 Å². The quantitative estimate of drug-likeness (QED) is 0.553. The fraction of sp³-hybridized carbons (Fsp3) is 0.176. The SMILES string of the molecule is C=C/C=C\C=C/CN(/C(C)=C/C)/C(C=C)=C/C=C. The molecular weight excluding hydrogens is 218 g/mol. The fourth-order valence-electron chi connectivity index (χ4n) is 1.39. The number of rotatable bonds is 8. The van der Waals surface area contributed by atoms with E-state index in [1.807, 2.05) is 37.3 Å². The van der Waals surface area contributed by atoms with Crippen molar-refractivity contribution in [1.29, 1.82) is 0 Å². The highest BCUT2D eigenvalue weighted by molar-refractivity contribution is 5.25. The van der Waals surface area contributed by atoms with Crippen LogP contribution in [0.5, 0.6) is 0 Å². The summed E-state index contributed by atoms with van der Waals surface area (Å²) in [6, 6.07) is 0. The molecule has 96 valence electrons. The van der Waals surface area contributed by atoms with E-state index in [1.54, 1.807) is 12.2 Å². The molecule has 1 nitrogen and oxygen atoms in total. The van der Waals surface area contributed by atoms with E-state index < -0.39 is 0 Å². The molecule has 0 N–H and O–H groups in total. The molecule has 0 aliphatic heterocycles. The van der Waals surface area contributed by atoms with Gasteiger partial charge in [-0.3, -0.25) is 0 Å². The van der Waals surface area contributed by atoms with Gasteiger partial charge in [0.1, 0.15) is 0 Å². The maximum absolute atomic E-state index is 3.84. The van der Waals surface area contributed by atoms with E-state index >= 15 is 0 Å². The average molecular weight is 241 g/mol. The van der Waals surface area contributed by atoms with E-state index in [0.29, 0.717) is 0 Å². The molecule has 0 aromatic carbocycles. The van der Waals surface area contributed by atoms with Gasteiger partial charge in [0.25, 0.3) is 0 Å². The predicted octanol–water partition coefficient (Wildman–Crippen LogP) is 4.77. The van der Waals surface area contributed by atoms with Crippen molar-refractivity contribution in [3.05, 3.63) is 85.8 Å². The summed E-state index contributed by atoms with van der Waals surface area (Å²) in [6.45, 7) is 16.1. The molecule has 0 spiro atoms. The number of allylic oxidation sites excluding steroid dienone is 9. The van der Waals surface area contributed by atoms with Crippen LogP contribution in [0.1, 0.15) is 13.8 Å². The summed E-state index contributed by atoms with van der Waals surface area (Å²) in [7, 11) is 0. The predicted molar refractivity (Wildman–Crippen MR) is 83.1 cm³/mol. The minimum atomic E-state index is 0.795. The Morgan fingerprint density at radius 2 is 1.78 bits per heavy atom. The molecule has 18 heavy (non-hydrogen) atoms. The fourth-order valence-corrected chi connectivity index (χ4v) is 1.39. The summed E-state index contributed by atoms with van der Waals surface area (Å²) in [5.74, 6) is 0. The number of hydrogen-bond acceptors (Lipinski definition) is 1. The van der Waals surface area contributed by atoms with Crippen molar-refractivity contribution in [3.8, 4) is 0 Å². The Morgan fingerprint density at radius 1 is 1.06 bits per heavy atom. The van der Waals surface area contributed by atoms with Crippen LogP contribution in [0.15, 0.2) is 85.8 Å². The van der Waals surface area contributed by atoms with Crippen LogP contribution in [-0.4, -0.2) is 11.4 Å². The van der Waals surface area contributed by atoms with Crippen LogP contribution in [0, 0.1) is 0 Å². The summed E-state index contributed by atoms with van der Waals surface area (Å²) >= 11 is 0. The lowest BCUT2D eigenvalue weighted by molar-refractivity contribution is 0.487. The van der Waals surface area contributed by atoms with Crippen LogP contribution in [0.3, 0.4) is 0 Å². The molecule has 0 fully saturated rings. The monoisotopic (exact) mass is 241 g/mol. The highest BCUT2D eigenvalue weighted by atomic mass is 15.1. The Balaban J connectivity index is 4.90. The molecule has 0 aromatic heterocycles. The molecule has 0 unspecified atom stereocenters. The molecule has 0 aromatic rings. The van der Waals surface area contributed by atoms with Crippen LogP contribution in [0.2, 0.25) is 0 Å². The van der Waals surface area contributed by atoms with E-state index in [9.17, 15) is 0 Å². The summed E-state index contributed by atoms with van der Waals surface area (Å²) in [4.78, 5) is 2.17. The number of hydrogen-bond donors (Lipinski definition) is 0. The highest BCUT2D eigenvalue weighted by Crippen LogP contribution is 2.13. The van der Waals surface area contributed by atoms with E-state index in [2.05, 4.69) is 43.7 Å². The average Bonchev–Trinajstić information content (AvgIpc) is 2.40. The first-order chi connectivity index (χ1) is 8.71. The maximum Gasteiger partial charge on any atom is 0.0411 e. The Kier molecular flexibility index (Phi) is 9.01. The lowest BCUT2D eigenvalue weighted by atomic mass is 10.2. The largest absolute Gasteiger partial charge is 0.342 e. The molecule has 0 bridgehead atoms. The van der Waals surface area contributed by atoms with Crippen LogP contribution >= 0.6 is 0 Å². The van der Waals surface area contributed by atoms with Crippen molar-refractivity contribution in [2.45, 2.75) is 13.8 Å². The molecule has 0 saturated heterocycles. The molecule has 0 atom stereocenters. The van der Waals surface area contributed by atoms with Gasteiger partial charge in [-0.05, 0) is 26.0 Å². The van der Waals surface area contributed by atoms with Crippen molar-refractivity contribution in [2.75, 3.05) is 6.54 Å². The van der Waals surface area contributed by atoms with Crippen molar-refractivity contribution in [3.63, 3.8) is 0 Å². The molecule has 1 heteroatoms. The van der Waals surface area contributed by atoms with Gasteiger partial charge in [-0.2, -0.15) is 0 Å². The molecule has 0 aliphatic carbocycles. The van der Waals surface area contributed by atoms with Gasteiger partial charge in [-0.15, -0.1) is 0 Å². The molecule has 0 radical (unpaired) electrons. The van der Waals surface area contributed by atoms with Gasteiger partial charge >= 0.3 is 0 Å². The second-order valence-electron chi connectivity index (χ2n) is 3.62. The zero-order valence-electron chi connectivity index (χ0n) is 11.5. The van der Waals surface area contributed by atoms with Crippen molar-refractivity contribution in [2.24, 2.45) is 0 Å². The third-order valence-electron chi connectivity index (χ3n) is 2.44. The van der Waals surface area contributed by atoms with Gasteiger partial charge in [-0.25, -0.2) is 0 Å². The standard InChI is InChI=1S/C17H23N/c1-6-10-11-12-13-15-18(16(5)8-3)17(9-4)14-7-2/h6-14H,1-2,4,15H2,3,5H3/b11-10-,13-12-,16-8+,17-14+. The van der Waals surface area contributed by atoms with Crippen LogP contribution in [0.25, 0.3) is 0 Å². The lowest BCUT2D eigenvalue weighted by Gasteiger charge is -2.24. The van der Waals surface area contributed by atoms with Crippen molar-refractivity contribution >= 4 is 0 Å². The molecule has 0 aliphatic rings. The van der Waals surface area contributed by atoms with Crippen molar-refractivity contribution in [1.82, 2.24) is 4.90 Å². The molecule has 0 rings (SSSR count). The van der Waals surface area contributed by atoms with Gasteiger partial charge in [0.2, 0.25) is 0 Å². The molecular formula is C17H23N. The first-order valence-corrected chi connectivity index (χ1v) is 6.01. The van der Waals surface area contributed by atoms with Gasteiger partial charge in [0, 0.05) is 17.9 Å². The van der Waals surface area contributed by atoms with Gasteiger partial charge < -0.3 is 4.90 Å². The van der Waals surface area contributed by atoms with Crippen LogP contribution in [0.4, 0.5) is 0 Å². The normalized spacial score (nSPS) is 13.0. The first kappa shape index (κ1) is 16.0. The molecule has 0 amide bonds. The Morgan fingerprint density at radius 3 is 2.28 bits per heavy atom. The Hall–Kier alpha value is -2.02. The van der Waals surface area contributed by atoms with Gasteiger partial charge in [0.05, 0.1) is 0 Å². The topological polar surface area (TPSA) is 3.24 Å². The smallest absolute Gasteiger partial charge is 0.0411 e. The van der Waals surface area contributed by atoms with Gasteiger partial charge in [0.15, 0.2) is 0 Å². The first-order valence-electron chi connectivity index (χ1n) is 6.01. The minimum absolute atomic E-state index is 0.795. The maximum atomic E-state index is 3.84. The second kappa shape index (κ2) is 10.2. The zero-order valence-corrected chi connectivity index (χ0v) is 11.5. The minimum Gasteiger partial charge on any atom is -0.342 e. The third-order valence-corrected chi connectivity index (χ3v) is 2.44. The summed E-state index contributed by atoms with van der Waals surface area (Å²) in [5.41, 5.74) is 2.22. The second-order valence-corrected chi connectivity index (χ2v) is 3.62. The Bertz CT molecular complexity index is 392. The summed E-state index contributed by atoms with van der Waals surface area (Å²) in [6.07, 6.45) is 17.3. The van der Waals surface area contributed by atoms with Crippen LogP contribution < -0.4 is 0 Å².